The van der Waals surface area contributed by atoms with Crippen molar-refractivity contribution in [2.75, 3.05) is 13.6 Å². The highest BCUT2D eigenvalue weighted by Crippen LogP contribution is 2.24. The Morgan fingerprint density at radius 3 is 2.79 bits per heavy atom. The molecule has 1 aliphatic carbocycles. The van der Waals surface area contributed by atoms with Gasteiger partial charge in [0.25, 0.3) is 0 Å². The maximum atomic E-state index is 5.95. The van der Waals surface area contributed by atoms with Gasteiger partial charge in [-0.25, -0.2) is 4.99 Å². The molecule has 1 fully saturated rings. The van der Waals surface area contributed by atoms with Gasteiger partial charge in [0.15, 0.2) is 5.96 Å². The molecule has 1 aromatic rings. The van der Waals surface area contributed by atoms with E-state index in [4.69, 9.17) is 10.5 Å². The maximum absolute atomic E-state index is 5.95. The third kappa shape index (κ3) is 3.88. The van der Waals surface area contributed by atoms with E-state index in [1.807, 2.05) is 45.2 Å². The molecular formula is C15H23N3O. The van der Waals surface area contributed by atoms with E-state index >= 15 is 0 Å². The molecule has 1 aliphatic rings. The number of rotatable bonds is 5. The van der Waals surface area contributed by atoms with Crippen LogP contribution in [0.5, 0.6) is 5.75 Å². The molecule has 1 aromatic carbocycles. The van der Waals surface area contributed by atoms with Crippen molar-refractivity contribution in [1.82, 2.24) is 4.90 Å². The molecule has 2 rings (SSSR count). The molecule has 0 radical (unpaired) electrons. The zero-order valence-corrected chi connectivity index (χ0v) is 12.0. The lowest BCUT2D eigenvalue weighted by Crippen LogP contribution is -2.36. The van der Waals surface area contributed by atoms with Gasteiger partial charge in [0, 0.05) is 13.1 Å². The molecule has 0 saturated heterocycles. The van der Waals surface area contributed by atoms with Gasteiger partial charge < -0.3 is 15.4 Å². The van der Waals surface area contributed by atoms with E-state index in [0.717, 1.165) is 11.3 Å². The normalized spacial score (nSPS) is 17.1. The van der Waals surface area contributed by atoms with Crippen molar-refractivity contribution >= 4 is 5.96 Å². The van der Waals surface area contributed by atoms with E-state index in [-0.39, 0.29) is 6.10 Å². The van der Waals surface area contributed by atoms with Crippen LogP contribution in [0.3, 0.4) is 0 Å². The zero-order chi connectivity index (χ0) is 13.8. The summed E-state index contributed by atoms with van der Waals surface area (Å²) < 4.78 is 5.87. The van der Waals surface area contributed by atoms with Crippen LogP contribution in [0.25, 0.3) is 0 Å². The van der Waals surface area contributed by atoms with Crippen LogP contribution in [0.4, 0.5) is 0 Å². The van der Waals surface area contributed by atoms with Crippen molar-refractivity contribution in [3.63, 3.8) is 0 Å². The average molecular weight is 261 g/mol. The largest absolute Gasteiger partial charge is 0.489 e. The smallest absolute Gasteiger partial charge is 0.191 e. The zero-order valence-electron chi connectivity index (χ0n) is 12.0. The van der Waals surface area contributed by atoms with Crippen molar-refractivity contribution in [3.8, 4) is 5.75 Å². The number of benzene rings is 1. The van der Waals surface area contributed by atoms with Gasteiger partial charge in [-0.05, 0) is 38.3 Å². The summed E-state index contributed by atoms with van der Waals surface area (Å²) in [5.74, 6) is 1.53. The van der Waals surface area contributed by atoms with Crippen LogP contribution in [0.15, 0.2) is 29.3 Å². The van der Waals surface area contributed by atoms with Gasteiger partial charge in [0.2, 0.25) is 0 Å². The molecule has 4 heteroatoms. The number of aliphatic imine (C=N–C) groups is 1. The summed E-state index contributed by atoms with van der Waals surface area (Å²) in [6.07, 6.45) is 2.47. The minimum Gasteiger partial charge on any atom is -0.489 e. The molecule has 2 N–H and O–H groups in total. The maximum Gasteiger partial charge on any atom is 0.191 e. The molecule has 4 nitrogen and oxygen atoms in total. The van der Waals surface area contributed by atoms with E-state index in [1.165, 1.54) is 12.8 Å². The van der Waals surface area contributed by atoms with Gasteiger partial charge in [0.05, 0.1) is 6.54 Å². The second kappa shape index (κ2) is 5.95. The summed E-state index contributed by atoms with van der Waals surface area (Å²) in [4.78, 5) is 6.46. The third-order valence-corrected chi connectivity index (χ3v) is 3.39. The molecule has 1 unspecified atom stereocenters. The van der Waals surface area contributed by atoms with Crippen LogP contribution in [-0.4, -0.2) is 36.6 Å². The Morgan fingerprint density at radius 2 is 2.16 bits per heavy atom. The lowest BCUT2D eigenvalue weighted by Gasteiger charge is -2.19. The minimum atomic E-state index is 0.0206. The second-order valence-corrected chi connectivity index (χ2v) is 5.23. The van der Waals surface area contributed by atoms with Crippen LogP contribution in [0.2, 0.25) is 0 Å². The number of aryl methyl sites for hydroxylation is 1. The lowest BCUT2D eigenvalue weighted by atomic mass is 10.2. The SMILES string of the molecule is Cc1ccccc1OC(C)CN=C(N)N(C)C1CC1. The molecule has 0 aromatic heterocycles. The van der Waals surface area contributed by atoms with Crippen LogP contribution < -0.4 is 10.5 Å². The number of guanidine groups is 1. The van der Waals surface area contributed by atoms with Crippen molar-refractivity contribution in [1.29, 1.82) is 0 Å². The summed E-state index contributed by atoms with van der Waals surface area (Å²) in [5, 5.41) is 0. The molecule has 19 heavy (non-hydrogen) atoms. The first kappa shape index (κ1) is 13.7. The van der Waals surface area contributed by atoms with E-state index < -0.39 is 0 Å². The quantitative estimate of drug-likeness (QED) is 0.653. The first-order valence-corrected chi connectivity index (χ1v) is 6.83. The molecular weight excluding hydrogens is 238 g/mol. The second-order valence-electron chi connectivity index (χ2n) is 5.23. The van der Waals surface area contributed by atoms with Crippen LogP contribution in [0.1, 0.15) is 25.3 Å². The summed E-state index contributed by atoms with van der Waals surface area (Å²) in [7, 11) is 2.00. The number of nitrogens with two attached hydrogens (primary N) is 1. The number of hydrogen-bond donors (Lipinski definition) is 1. The Labute approximate surface area is 115 Å². The minimum absolute atomic E-state index is 0.0206. The Morgan fingerprint density at radius 1 is 1.47 bits per heavy atom. The van der Waals surface area contributed by atoms with E-state index in [9.17, 15) is 0 Å². The Balaban J connectivity index is 1.85. The first-order chi connectivity index (χ1) is 9.08. The van der Waals surface area contributed by atoms with Gasteiger partial charge in [-0.2, -0.15) is 0 Å². The van der Waals surface area contributed by atoms with Crippen molar-refractivity contribution in [3.05, 3.63) is 29.8 Å². The highest BCUT2D eigenvalue weighted by Gasteiger charge is 2.27. The van der Waals surface area contributed by atoms with Gasteiger partial charge in [-0.15, -0.1) is 0 Å². The Hall–Kier alpha value is -1.71. The summed E-state index contributed by atoms with van der Waals surface area (Å²) in [6.45, 7) is 4.64. The summed E-state index contributed by atoms with van der Waals surface area (Å²) in [6, 6.07) is 8.60. The van der Waals surface area contributed by atoms with Crippen molar-refractivity contribution in [2.45, 2.75) is 38.8 Å². The van der Waals surface area contributed by atoms with Gasteiger partial charge in [0.1, 0.15) is 11.9 Å². The van der Waals surface area contributed by atoms with Gasteiger partial charge >= 0.3 is 0 Å². The number of hydrogen-bond acceptors (Lipinski definition) is 2. The molecule has 0 bridgehead atoms. The van der Waals surface area contributed by atoms with Crippen molar-refractivity contribution < 1.29 is 4.74 Å². The molecule has 0 heterocycles. The average Bonchev–Trinajstić information content (AvgIpc) is 3.22. The predicted octanol–water partition coefficient (Wildman–Crippen LogP) is 2.17. The fourth-order valence-corrected chi connectivity index (χ4v) is 1.93. The molecule has 104 valence electrons. The van der Waals surface area contributed by atoms with Gasteiger partial charge in [-0.1, -0.05) is 18.2 Å². The van der Waals surface area contributed by atoms with Crippen LogP contribution >= 0.6 is 0 Å². The Kier molecular flexibility index (Phi) is 4.30. The molecule has 0 amide bonds. The number of ether oxygens (including phenoxy) is 1. The molecule has 1 saturated carbocycles. The Bertz CT molecular complexity index is 454. The first-order valence-electron chi connectivity index (χ1n) is 6.83. The van der Waals surface area contributed by atoms with Crippen LogP contribution in [-0.2, 0) is 0 Å². The highest BCUT2D eigenvalue weighted by molar-refractivity contribution is 5.78. The predicted molar refractivity (Wildman–Crippen MR) is 78.5 cm³/mol. The van der Waals surface area contributed by atoms with Crippen molar-refractivity contribution in [2.24, 2.45) is 10.7 Å². The topological polar surface area (TPSA) is 50.9 Å². The van der Waals surface area contributed by atoms with Crippen LogP contribution in [0, 0.1) is 6.92 Å². The standard InChI is InChI=1S/C15H23N3O/c1-11-6-4-5-7-14(11)19-12(2)10-17-15(16)18(3)13-8-9-13/h4-7,12-13H,8-10H2,1-3H3,(H2,16,17). The monoisotopic (exact) mass is 261 g/mol. The molecule has 0 spiro atoms. The molecule has 1 atom stereocenters. The highest BCUT2D eigenvalue weighted by atomic mass is 16.5. The summed E-state index contributed by atoms with van der Waals surface area (Å²) >= 11 is 0. The molecule has 0 aliphatic heterocycles. The van der Waals surface area contributed by atoms with Gasteiger partial charge in [-0.3, -0.25) is 0 Å². The fourth-order valence-electron chi connectivity index (χ4n) is 1.93. The number of para-hydroxylation sites is 1. The number of nitrogens with zero attached hydrogens (tertiary/aromatic N) is 2. The summed E-state index contributed by atoms with van der Waals surface area (Å²) in [5.41, 5.74) is 7.09. The third-order valence-electron chi connectivity index (χ3n) is 3.39. The van der Waals surface area contributed by atoms with E-state index in [2.05, 4.69) is 9.89 Å². The van der Waals surface area contributed by atoms with E-state index in [1.54, 1.807) is 0 Å². The lowest BCUT2D eigenvalue weighted by molar-refractivity contribution is 0.228. The fraction of sp³-hybridized carbons (Fsp3) is 0.533. The van der Waals surface area contributed by atoms with E-state index in [0.29, 0.717) is 18.5 Å².